The highest BCUT2D eigenvalue weighted by atomic mass is 79.9. The second kappa shape index (κ2) is 7.61. The van der Waals surface area contributed by atoms with Crippen molar-refractivity contribution in [2.75, 3.05) is 32.8 Å². The molecule has 1 aliphatic rings. The van der Waals surface area contributed by atoms with Gasteiger partial charge in [0.1, 0.15) is 12.4 Å². The van der Waals surface area contributed by atoms with E-state index in [0.29, 0.717) is 11.5 Å². The van der Waals surface area contributed by atoms with Crippen molar-refractivity contribution in [3.05, 3.63) is 28.7 Å². The molecular formula is C17H27BrN2O. The third kappa shape index (κ3) is 5.61. The van der Waals surface area contributed by atoms with Crippen LogP contribution in [-0.4, -0.2) is 43.7 Å². The lowest BCUT2D eigenvalue weighted by molar-refractivity contribution is 0.171. The molecule has 1 saturated heterocycles. The van der Waals surface area contributed by atoms with Gasteiger partial charge < -0.3 is 10.1 Å². The molecule has 2 rings (SSSR count). The highest BCUT2D eigenvalue weighted by molar-refractivity contribution is 9.10. The van der Waals surface area contributed by atoms with E-state index in [0.717, 1.165) is 43.0 Å². The fraction of sp³-hybridized carbons (Fsp3) is 0.647. The Morgan fingerprint density at radius 2 is 2.19 bits per heavy atom. The van der Waals surface area contributed by atoms with E-state index in [1.807, 2.05) is 24.3 Å². The average molecular weight is 355 g/mol. The number of nitrogens with zero attached hydrogens (tertiary/aromatic N) is 1. The third-order valence-corrected chi connectivity index (χ3v) is 4.49. The fourth-order valence-corrected chi connectivity index (χ4v) is 3.00. The zero-order chi connectivity index (χ0) is 15.3. The van der Waals surface area contributed by atoms with E-state index in [4.69, 9.17) is 4.74 Å². The van der Waals surface area contributed by atoms with E-state index in [9.17, 15) is 0 Å². The van der Waals surface area contributed by atoms with E-state index in [2.05, 4.69) is 46.9 Å². The van der Waals surface area contributed by atoms with Crippen LogP contribution in [0.15, 0.2) is 28.7 Å². The van der Waals surface area contributed by atoms with Gasteiger partial charge >= 0.3 is 0 Å². The molecule has 0 amide bonds. The van der Waals surface area contributed by atoms with E-state index in [1.165, 1.54) is 6.42 Å². The van der Waals surface area contributed by atoms with Gasteiger partial charge in [-0.2, -0.15) is 0 Å². The highest BCUT2D eigenvalue weighted by Crippen LogP contribution is 2.22. The number of ether oxygens (including phenoxy) is 1. The number of halogens is 1. The van der Waals surface area contributed by atoms with Gasteiger partial charge in [0, 0.05) is 23.6 Å². The number of benzene rings is 1. The van der Waals surface area contributed by atoms with E-state index >= 15 is 0 Å². The molecule has 1 atom stereocenters. The second-order valence-electron chi connectivity index (χ2n) is 6.83. The Balaban J connectivity index is 1.81. The van der Waals surface area contributed by atoms with Gasteiger partial charge in [-0.15, -0.1) is 0 Å². The SMILES string of the molecule is CC(C)(C)C1CN(CCOc2cccc(Br)c2)CCCN1. The highest BCUT2D eigenvalue weighted by Gasteiger charge is 2.27. The van der Waals surface area contributed by atoms with Crippen molar-refractivity contribution in [2.45, 2.75) is 33.2 Å². The minimum atomic E-state index is 0.299. The largest absolute Gasteiger partial charge is 0.492 e. The van der Waals surface area contributed by atoms with Gasteiger partial charge in [-0.3, -0.25) is 4.90 Å². The summed E-state index contributed by atoms with van der Waals surface area (Å²) in [5.41, 5.74) is 0.299. The normalized spacial score (nSPS) is 21.0. The van der Waals surface area contributed by atoms with Crippen molar-refractivity contribution in [1.29, 1.82) is 0 Å². The van der Waals surface area contributed by atoms with Crippen molar-refractivity contribution in [3.63, 3.8) is 0 Å². The zero-order valence-electron chi connectivity index (χ0n) is 13.4. The standard InChI is InChI=1S/C17H27BrN2O/c1-17(2,3)16-13-20(9-5-8-19-16)10-11-21-15-7-4-6-14(18)12-15/h4,6-7,12,16,19H,5,8-11,13H2,1-3H3. The summed E-state index contributed by atoms with van der Waals surface area (Å²) in [6, 6.07) is 8.59. The minimum Gasteiger partial charge on any atom is -0.492 e. The number of hydrogen-bond donors (Lipinski definition) is 1. The first kappa shape index (κ1) is 16.8. The Kier molecular flexibility index (Phi) is 6.08. The van der Waals surface area contributed by atoms with Gasteiger partial charge in [0.2, 0.25) is 0 Å². The van der Waals surface area contributed by atoms with Gasteiger partial charge in [0.15, 0.2) is 0 Å². The third-order valence-electron chi connectivity index (χ3n) is 4.00. The summed E-state index contributed by atoms with van der Waals surface area (Å²) in [7, 11) is 0. The molecule has 21 heavy (non-hydrogen) atoms. The van der Waals surface area contributed by atoms with Crippen LogP contribution < -0.4 is 10.1 Å². The molecule has 0 aromatic heterocycles. The Bertz CT molecular complexity index is 445. The number of hydrogen-bond acceptors (Lipinski definition) is 3. The molecule has 1 aromatic carbocycles. The molecule has 4 heteroatoms. The van der Waals surface area contributed by atoms with Crippen molar-refractivity contribution in [1.82, 2.24) is 10.2 Å². The molecule has 118 valence electrons. The predicted octanol–water partition coefficient (Wildman–Crippen LogP) is 3.54. The van der Waals surface area contributed by atoms with Gasteiger partial charge in [0.05, 0.1) is 0 Å². The van der Waals surface area contributed by atoms with Crippen LogP contribution in [0.3, 0.4) is 0 Å². The molecular weight excluding hydrogens is 328 g/mol. The van der Waals surface area contributed by atoms with Crippen LogP contribution in [0, 0.1) is 5.41 Å². The smallest absolute Gasteiger partial charge is 0.120 e. The Morgan fingerprint density at radius 1 is 1.38 bits per heavy atom. The van der Waals surface area contributed by atoms with Crippen LogP contribution in [0.1, 0.15) is 27.2 Å². The number of rotatable bonds is 4. The van der Waals surface area contributed by atoms with E-state index in [-0.39, 0.29) is 0 Å². The molecule has 3 nitrogen and oxygen atoms in total. The second-order valence-corrected chi connectivity index (χ2v) is 7.75. The average Bonchev–Trinajstić information content (AvgIpc) is 2.64. The first-order valence-electron chi connectivity index (χ1n) is 7.79. The van der Waals surface area contributed by atoms with Gasteiger partial charge in [-0.1, -0.05) is 42.8 Å². The lowest BCUT2D eigenvalue weighted by Gasteiger charge is -2.33. The Labute approximate surface area is 137 Å². The maximum Gasteiger partial charge on any atom is 0.120 e. The summed E-state index contributed by atoms with van der Waals surface area (Å²) in [6.45, 7) is 12.0. The molecule has 0 bridgehead atoms. The van der Waals surface area contributed by atoms with E-state index in [1.54, 1.807) is 0 Å². The monoisotopic (exact) mass is 354 g/mol. The molecule has 1 aromatic rings. The minimum absolute atomic E-state index is 0.299. The van der Waals surface area contributed by atoms with Crippen molar-refractivity contribution in [2.24, 2.45) is 5.41 Å². The zero-order valence-corrected chi connectivity index (χ0v) is 14.9. The van der Waals surface area contributed by atoms with Gasteiger partial charge in [-0.05, 0) is 43.1 Å². The maximum atomic E-state index is 5.86. The summed E-state index contributed by atoms with van der Waals surface area (Å²) in [5.74, 6) is 0.935. The molecule has 1 N–H and O–H groups in total. The van der Waals surface area contributed by atoms with Crippen LogP contribution in [0.5, 0.6) is 5.75 Å². The summed E-state index contributed by atoms with van der Waals surface area (Å²) >= 11 is 3.47. The van der Waals surface area contributed by atoms with Crippen molar-refractivity contribution < 1.29 is 4.74 Å². The summed E-state index contributed by atoms with van der Waals surface area (Å²) in [5, 5.41) is 3.68. The molecule has 1 heterocycles. The quantitative estimate of drug-likeness (QED) is 0.894. The summed E-state index contributed by atoms with van der Waals surface area (Å²) < 4.78 is 6.92. The molecule has 0 saturated carbocycles. The lowest BCUT2D eigenvalue weighted by atomic mass is 9.86. The first-order chi connectivity index (χ1) is 9.95. The van der Waals surface area contributed by atoms with Crippen LogP contribution in [0.2, 0.25) is 0 Å². The first-order valence-corrected chi connectivity index (χ1v) is 8.58. The van der Waals surface area contributed by atoms with Crippen LogP contribution >= 0.6 is 15.9 Å². The van der Waals surface area contributed by atoms with Gasteiger partial charge in [0.25, 0.3) is 0 Å². The molecule has 0 aliphatic carbocycles. The van der Waals surface area contributed by atoms with Crippen LogP contribution in [-0.2, 0) is 0 Å². The fourth-order valence-electron chi connectivity index (χ4n) is 2.63. The van der Waals surface area contributed by atoms with E-state index < -0.39 is 0 Å². The van der Waals surface area contributed by atoms with Crippen molar-refractivity contribution >= 4 is 15.9 Å². The topological polar surface area (TPSA) is 24.5 Å². The molecule has 1 aliphatic heterocycles. The van der Waals surface area contributed by atoms with Crippen LogP contribution in [0.4, 0.5) is 0 Å². The summed E-state index contributed by atoms with van der Waals surface area (Å²) in [6.07, 6.45) is 1.21. The molecule has 0 spiro atoms. The lowest BCUT2D eigenvalue weighted by Crippen LogP contribution is -2.46. The summed E-state index contributed by atoms with van der Waals surface area (Å²) in [4.78, 5) is 2.52. The predicted molar refractivity (Wildman–Crippen MR) is 91.9 cm³/mol. The van der Waals surface area contributed by atoms with Gasteiger partial charge in [-0.25, -0.2) is 0 Å². The molecule has 1 fully saturated rings. The molecule has 0 radical (unpaired) electrons. The Morgan fingerprint density at radius 3 is 2.90 bits per heavy atom. The maximum absolute atomic E-state index is 5.86. The number of nitrogens with one attached hydrogen (secondary N) is 1. The Hall–Kier alpha value is -0.580. The van der Waals surface area contributed by atoms with Crippen LogP contribution in [0.25, 0.3) is 0 Å². The van der Waals surface area contributed by atoms with Crippen molar-refractivity contribution in [3.8, 4) is 5.75 Å². The molecule has 1 unspecified atom stereocenters.